The lowest BCUT2D eigenvalue weighted by Gasteiger charge is -2.08. The standard InChI is InChI=1S/C11H13BrF3NOS/c12-9-2-1-3-10(8-9)17-6-4-16-5-7-18-11(13,14)15/h1-3,8,16H,4-7H2. The van der Waals surface area contributed by atoms with E-state index in [0.29, 0.717) is 19.7 Å². The fourth-order valence-electron chi connectivity index (χ4n) is 1.16. The number of thioether (sulfide) groups is 1. The maximum atomic E-state index is 11.8. The average molecular weight is 344 g/mol. The van der Waals surface area contributed by atoms with Gasteiger partial charge in [-0.3, -0.25) is 0 Å². The summed E-state index contributed by atoms with van der Waals surface area (Å²) >= 11 is 3.30. The lowest BCUT2D eigenvalue weighted by atomic mass is 10.3. The fraction of sp³-hybridized carbons (Fsp3) is 0.455. The minimum atomic E-state index is -4.14. The molecule has 1 N–H and O–H groups in total. The Balaban J connectivity index is 2.02. The number of hydrogen-bond acceptors (Lipinski definition) is 3. The highest BCUT2D eigenvalue weighted by atomic mass is 79.9. The number of hydrogen-bond donors (Lipinski definition) is 1. The maximum Gasteiger partial charge on any atom is 0.441 e. The van der Waals surface area contributed by atoms with Gasteiger partial charge in [0.15, 0.2) is 0 Å². The number of halogens is 4. The Morgan fingerprint density at radius 3 is 2.72 bits per heavy atom. The van der Waals surface area contributed by atoms with Gasteiger partial charge in [0.05, 0.1) is 0 Å². The van der Waals surface area contributed by atoms with Crippen molar-refractivity contribution in [3.63, 3.8) is 0 Å². The van der Waals surface area contributed by atoms with Crippen LogP contribution in [0.15, 0.2) is 28.7 Å². The normalized spacial score (nSPS) is 11.6. The molecule has 0 spiro atoms. The van der Waals surface area contributed by atoms with Gasteiger partial charge in [0.2, 0.25) is 0 Å². The average Bonchev–Trinajstić information content (AvgIpc) is 2.26. The molecule has 0 radical (unpaired) electrons. The molecule has 0 aliphatic carbocycles. The molecule has 0 fully saturated rings. The van der Waals surface area contributed by atoms with Gasteiger partial charge < -0.3 is 10.1 Å². The monoisotopic (exact) mass is 343 g/mol. The van der Waals surface area contributed by atoms with Crippen molar-refractivity contribution in [3.8, 4) is 5.75 Å². The van der Waals surface area contributed by atoms with Crippen LogP contribution in [0.2, 0.25) is 0 Å². The van der Waals surface area contributed by atoms with E-state index < -0.39 is 5.51 Å². The third kappa shape index (κ3) is 7.84. The highest BCUT2D eigenvalue weighted by Crippen LogP contribution is 2.29. The molecule has 1 rings (SSSR count). The molecule has 0 bridgehead atoms. The molecule has 0 aromatic heterocycles. The van der Waals surface area contributed by atoms with Crippen LogP contribution in [0.1, 0.15) is 0 Å². The Morgan fingerprint density at radius 2 is 2.06 bits per heavy atom. The van der Waals surface area contributed by atoms with Gasteiger partial charge in [0.1, 0.15) is 12.4 Å². The summed E-state index contributed by atoms with van der Waals surface area (Å²) in [7, 11) is 0. The third-order valence-corrected chi connectivity index (χ3v) is 3.12. The maximum absolute atomic E-state index is 11.8. The van der Waals surface area contributed by atoms with Gasteiger partial charge in [-0.05, 0) is 30.0 Å². The van der Waals surface area contributed by atoms with Crippen LogP contribution in [0.3, 0.4) is 0 Å². The zero-order valence-electron chi connectivity index (χ0n) is 9.47. The summed E-state index contributed by atoms with van der Waals surface area (Å²) in [4.78, 5) is 0. The molecule has 0 unspecified atom stereocenters. The molecule has 7 heteroatoms. The van der Waals surface area contributed by atoms with Crippen LogP contribution >= 0.6 is 27.7 Å². The first-order valence-electron chi connectivity index (χ1n) is 5.27. The fourth-order valence-corrected chi connectivity index (χ4v) is 2.02. The first kappa shape index (κ1) is 15.7. The smallest absolute Gasteiger partial charge is 0.441 e. The molecule has 18 heavy (non-hydrogen) atoms. The van der Waals surface area contributed by atoms with Crippen molar-refractivity contribution in [2.24, 2.45) is 0 Å². The van der Waals surface area contributed by atoms with E-state index >= 15 is 0 Å². The number of benzene rings is 1. The molecular weight excluding hydrogens is 331 g/mol. The van der Waals surface area contributed by atoms with E-state index in [0.717, 1.165) is 10.2 Å². The SMILES string of the molecule is FC(F)(F)SCCNCCOc1cccc(Br)c1. The van der Waals surface area contributed by atoms with Crippen LogP contribution in [-0.2, 0) is 0 Å². The summed E-state index contributed by atoms with van der Waals surface area (Å²) in [6.45, 7) is 1.25. The van der Waals surface area contributed by atoms with Gasteiger partial charge in [-0.2, -0.15) is 13.2 Å². The molecule has 0 amide bonds. The predicted octanol–water partition coefficient (Wildman–Crippen LogP) is 3.67. The summed E-state index contributed by atoms with van der Waals surface area (Å²) in [5.74, 6) is 0.747. The lowest BCUT2D eigenvalue weighted by molar-refractivity contribution is -0.0327. The van der Waals surface area contributed by atoms with Crippen molar-refractivity contribution in [1.29, 1.82) is 0 Å². The zero-order valence-corrected chi connectivity index (χ0v) is 11.9. The number of alkyl halides is 3. The third-order valence-electron chi connectivity index (χ3n) is 1.89. The van der Waals surface area contributed by atoms with Crippen molar-refractivity contribution in [1.82, 2.24) is 5.32 Å². The van der Waals surface area contributed by atoms with E-state index in [1.165, 1.54) is 0 Å². The Morgan fingerprint density at radius 1 is 1.28 bits per heavy atom. The quantitative estimate of drug-likeness (QED) is 0.763. The summed E-state index contributed by atoms with van der Waals surface area (Å²) < 4.78 is 41.7. The van der Waals surface area contributed by atoms with E-state index in [4.69, 9.17) is 4.74 Å². The van der Waals surface area contributed by atoms with E-state index in [-0.39, 0.29) is 17.5 Å². The molecule has 0 aliphatic rings. The number of ether oxygens (including phenoxy) is 1. The van der Waals surface area contributed by atoms with Crippen LogP contribution in [0.5, 0.6) is 5.75 Å². The zero-order chi connectivity index (χ0) is 13.4. The van der Waals surface area contributed by atoms with Crippen molar-refractivity contribution in [2.75, 3.05) is 25.4 Å². The van der Waals surface area contributed by atoms with Crippen molar-refractivity contribution in [2.45, 2.75) is 5.51 Å². The molecular formula is C11H13BrF3NOS. The van der Waals surface area contributed by atoms with E-state index in [1.807, 2.05) is 24.3 Å². The molecule has 2 nitrogen and oxygen atoms in total. The largest absolute Gasteiger partial charge is 0.492 e. The van der Waals surface area contributed by atoms with Gasteiger partial charge in [-0.25, -0.2) is 0 Å². The summed E-state index contributed by atoms with van der Waals surface area (Å²) in [6, 6.07) is 7.40. The summed E-state index contributed by atoms with van der Waals surface area (Å²) in [5, 5.41) is 2.89. The highest BCUT2D eigenvalue weighted by Gasteiger charge is 2.27. The predicted molar refractivity (Wildman–Crippen MR) is 71.0 cm³/mol. The van der Waals surface area contributed by atoms with Gasteiger partial charge in [0.25, 0.3) is 0 Å². The van der Waals surface area contributed by atoms with Gasteiger partial charge in [-0.15, -0.1) is 0 Å². The van der Waals surface area contributed by atoms with Gasteiger partial charge >= 0.3 is 5.51 Å². The van der Waals surface area contributed by atoms with Gasteiger partial charge in [-0.1, -0.05) is 22.0 Å². The molecule has 0 saturated heterocycles. The molecule has 0 heterocycles. The minimum Gasteiger partial charge on any atom is -0.492 e. The van der Waals surface area contributed by atoms with Crippen LogP contribution in [-0.4, -0.2) is 31.0 Å². The second-order valence-corrected chi connectivity index (χ2v) is 5.43. The molecule has 0 atom stereocenters. The Labute approximate surface area is 116 Å². The Kier molecular flexibility index (Phi) is 6.88. The van der Waals surface area contributed by atoms with Crippen LogP contribution in [0.25, 0.3) is 0 Å². The van der Waals surface area contributed by atoms with Crippen LogP contribution in [0.4, 0.5) is 13.2 Å². The first-order chi connectivity index (χ1) is 8.47. The highest BCUT2D eigenvalue weighted by molar-refractivity contribution is 9.10. The molecule has 102 valence electrons. The molecule has 1 aromatic carbocycles. The minimum absolute atomic E-state index is 0.0143. The Bertz CT molecular complexity index is 362. The van der Waals surface area contributed by atoms with E-state index in [1.54, 1.807) is 0 Å². The summed E-state index contributed by atoms with van der Waals surface area (Å²) in [5.41, 5.74) is -4.14. The molecule has 1 aromatic rings. The van der Waals surface area contributed by atoms with Crippen molar-refractivity contribution in [3.05, 3.63) is 28.7 Å². The molecule has 0 aliphatic heterocycles. The number of nitrogens with one attached hydrogen (secondary N) is 1. The topological polar surface area (TPSA) is 21.3 Å². The molecule has 0 saturated carbocycles. The van der Waals surface area contributed by atoms with Crippen LogP contribution in [0, 0.1) is 0 Å². The van der Waals surface area contributed by atoms with Gasteiger partial charge in [0, 0.05) is 23.3 Å². The van der Waals surface area contributed by atoms with Crippen molar-refractivity contribution >= 4 is 27.7 Å². The lowest BCUT2D eigenvalue weighted by Crippen LogP contribution is -2.24. The van der Waals surface area contributed by atoms with Crippen LogP contribution < -0.4 is 10.1 Å². The second kappa shape index (κ2) is 7.91. The van der Waals surface area contributed by atoms with Crippen molar-refractivity contribution < 1.29 is 17.9 Å². The Hall–Kier alpha value is -0.400. The first-order valence-corrected chi connectivity index (χ1v) is 7.05. The number of rotatable bonds is 7. The van der Waals surface area contributed by atoms with E-state index in [9.17, 15) is 13.2 Å². The summed E-state index contributed by atoms with van der Waals surface area (Å²) in [6.07, 6.45) is 0. The van der Waals surface area contributed by atoms with E-state index in [2.05, 4.69) is 21.2 Å². The second-order valence-electron chi connectivity index (χ2n) is 3.35.